The standard InChI is InChI=1S/3C12H15N3.2CH4/c1-4-11-5-9(2)12(6-13-11)15-7-10(3)14-8-15;1-4-11-5-9(2)12(13-6-11)15-7-10(3)14-8-15;1-4-11-5-6-12(10(3)14-11)15-7-9(2)13-8-15;;/h3*5-8H,4H2,1-3H3;2*1H4. The van der Waals surface area contributed by atoms with Crippen LogP contribution in [0.5, 0.6) is 0 Å². The van der Waals surface area contributed by atoms with Crippen molar-refractivity contribution >= 4 is 0 Å². The van der Waals surface area contributed by atoms with Gasteiger partial charge in [0.15, 0.2) is 0 Å². The first-order chi connectivity index (χ1) is 21.6. The molecule has 6 aromatic rings. The lowest BCUT2D eigenvalue weighted by Crippen LogP contribution is -1.99. The molecule has 0 aliphatic carbocycles. The van der Waals surface area contributed by atoms with E-state index in [4.69, 9.17) is 0 Å². The second-order valence-electron chi connectivity index (χ2n) is 11.2. The Labute approximate surface area is 281 Å². The van der Waals surface area contributed by atoms with Crippen LogP contribution in [-0.4, -0.2) is 43.6 Å². The van der Waals surface area contributed by atoms with E-state index in [2.05, 4.69) is 88.8 Å². The van der Waals surface area contributed by atoms with Gasteiger partial charge in [-0.3, -0.25) is 14.5 Å². The summed E-state index contributed by atoms with van der Waals surface area (Å²) in [5.41, 5.74) is 12.3. The summed E-state index contributed by atoms with van der Waals surface area (Å²) in [4.78, 5) is 26.0. The fourth-order valence-corrected chi connectivity index (χ4v) is 4.88. The third-order valence-corrected chi connectivity index (χ3v) is 7.43. The van der Waals surface area contributed by atoms with Gasteiger partial charge in [0.25, 0.3) is 0 Å². The molecular weight excluding hydrogens is 582 g/mol. The Bertz CT molecular complexity index is 1630. The van der Waals surface area contributed by atoms with Crippen LogP contribution in [0, 0.1) is 41.5 Å². The van der Waals surface area contributed by atoms with Crippen molar-refractivity contribution in [1.29, 1.82) is 0 Å². The van der Waals surface area contributed by atoms with E-state index in [1.807, 2.05) is 85.0 Å². The van der Waals surface area contributed by atoms with Gasteiger partial charge in [-0.05, 0) is 95.7 Å². The van der Waals surface area contributed by atoms with Gasteiger partial charge in [0, 0.05) is 36.2 Å². The van der Waals surface area contributed by atoms with Gasteiger partial charge >= 0.3 is 0 Å². The Morgan fingerprint density at radius 3 is 1.53 bits per heavy atom. The maximum Gasteiger partial charge on any atom is 0.140 e. The van der Waals surface area contributed by atoms with E-state index in [0.29, 0.717) is 0 Å². The van der Waals surface area contributed by atoms with Crippen molar-refractivity contribution in [2.75, 3.05) is 0 Å². The van der Waals surface area contributed by atoms with Gasteiger partial charge in [0.05, 0.1) is 53.0 Å². The van der Waals surface area contributed by atoms with Crippen LogP contribution in [0.2, 0.25) is 0 Å². The number of rotatable bonds is 6. The van der Waals surface area contributed by atoms with Crippen LogP contribution >= 0.6 is 0 Å². The predicted molar refractivity (Wildman–Crippen MR) is 194 cm³/mol. The number of aryl methyl sites for hydroxylation is 9. The minimum absolute atomic E-state index is 0. The van der Waals surface area contributed by atoms with Crippen LogP contribution in [0.3, 0.4) is 0 Å². The molecule has 0 spiro atoms. The molecule has 9 nitrogen and oxygen atoms in total. The summed E-state index contributed by atoms with van der Waals surface area (Å²) in [5, 5.41) is 0. The molecule has 9 heteroatoms. The van der Waals surface area contributed by atoms with E-state index in [9.17, 15) is 0 Å². The summed E-state index contributed by atoms with van der Waals surface area (Å²) >= 11 is 0. The Morgan fingerprint density at radius 2 is 1.09 bits per heavy atom. The fraction of sp³-hybridized carbons (Fsp3) is 0.368. The monoisotopic (exact) mass is 635 g/mol. The van der Waals surface area contributed by atoms with Gasteiger partial charge < -0.3 is 9.13 Å². The largest absolute Gasteiger partial charge is 0.304 e. The molecule has 0 unspecified atom stereocenters. The number of aromatic nitrogens is 9. The first kappa shape index (κ1) is 38.3. The number of pyridine rings is 3. The van der Waals surface area contributed by atoms with Crippen molar-refractivity contribution < 1.29 is 0 Å². The highest BCUT2D eigenvalue weighted by atomic mass is 15.1. The molecule has 0 saturated heterocycles. The molecule has 0 aliphatic rings. The lowest BCUT2D eigenvalue weighted by Gasteiger charge is -2.07. The van der Waals surface area contributed by atoms with E-state index in [0.717, 1.165) is 70.6 Å². The maximum atomic E-state index is 4.53. The van der Waals surface area contributed by atoms with Crippen molar-refractivity contribution in [2.45, 2.75) is 96.4 Å². The molecule has 6 heterocycles. The molecule has 6 rings (SSSR count). The predicted octanol–water partition coefficient (Wildman–Crippen LogP) is 8.61. The van der Waals surface area contributed by atoms with Gasteiger partial charge in [-0.2, -0.15) is 0 Å². The van der Waals surface area contributed by atoms with Gasteiger partial charge in [-0.15, -0.1) is 0 Å². The Morgan fingerprint density at radius 1 is 0.532 bits per heavy atom. The summed E-state index contributed by atoms with van der Waals surface area (Å²) in [6.07, 6.45) is 18.3. The smallest absolute Gasteiger partial charge is 0.140 e. The molecule has 0 amide bonds. The Balaban J connectivity index is 0.000000240. The molecule has 0 atom stereocenters. The van der Waals surface area contributed by atoms with Crippen LogP contribution in [0.4, 0.5) is 0 Å². The quantitative estimate of drug-likeness (QED) is 0.182. The molecule has 250 valence electrons. The third-order valence-electron chi connectivity index (χ3n) is 7.43. The second kappa shape index (κ2) is 17.7. The third kappa shape index (κ3) is 10.0. The van der Waals surface area contributed by atoms with Crippen LogP contribution in [0.15, 0.2) is 74.2 Å². The summed E-state index contributed by atoms with van der Waals surface area (Å²) in [6.45, 7) is 18.5. The van der Waals surface area contributed by atoms with E-state index in [1.165, 1.54) is 16.7 Å². The van der Waals surface area contributed by atoms with Gasteiger partial charge in [0.1, 0.15) is 12.1 Å². The lowest BCUT2D eigenvalue weighted by atomic mass is 10.1. The normalized spacial score (nSPS) is 10.1. The van der Waals surface area contributed by atoms with Crippen molar-refractivity contribution in [2.24, 2.45) is 0 Å². The van der Waals surface area contributed by atoms with Crippen LogP contribution in [0.1, 0.15) is 86.5 Å². The second-order valence-corrected chi connectivity index (χ2v) is 11.2. The van der Waals surface area contributed by atoms with Crippen molar-refractivity contribution in [3.05, 3.63) is 125 Å². The van der Waals surface area contributed by atoms with E-state index >= 15 is 0 Å². The molecule has 0 aromatic carbocycles. The van der Waals surface area contributed by atoms with E-state index < -0.39 is 0 Å². The van der Waals surface area contributed by atoms with Crippen molar-refractivity contribution in [3.8, 4) is 17.2 Å². The number of nitrogens with zero attached hydrogens (tertiary/aromatic N) is 9. The van der Waals surface area contributed by atoms with Gasteiger partial charge in [-0.1, -0.05) is 41.7 Å². The maximum absolute atomic E-state index is 4.53. The molecular formula is C38H53N9. The Hall–Kier alpha value is -4.92. The van der Waals surface area contributed by atoms with E-state index in [-0.39, 0.29) is 14.9 Å². The summed E-state index contributed by atoms with van der Waals surface area (Å²) in [5.74, 6) is 0.966. The van der Waals surface area contributed by atoms with Crippen molar-refractivity contribution in [3.63, 3.8) is 0 Å². The SMILES string of the molecule is C.C.CCc1cc(C)c(-n2cnc(C)c2)cn1.CCc1ccc(-n2cnc(C)c2)c(C)n1.CCc1cnc(-n2cnc(C)c2)c(C)c1. The molecule has 0 bridgehead atoms. The molecule has 47 heavy (non-hydrogen) atoms. The molecule has 0 saturated carbocycles. The summed E-state index contributed by atoms with van der Waals surface area (Å²) in [6, 6.07) is 8.47. The minimum Gasteiger partial charge on any atom is -0.304 e. The average Bonchev–Trinajstić information content (AvgIpc) is 3.78. The molecule has 0 aliphatic heterocycles. The zero-order valence-corrected chi connectivity index (χ0v) is 28.1. The Kier molecular flexibility index (Phi) is 14.4. The summed E-state index contributed by atoms with van der Waals surface area (Å²) in [7, 11) is 0. The highest BCUT2D eigenvalue weighted by Crippen LogP contribution is 2.16. The molecule has 0 fully saturated rings. The molecule has 6 aromatic heterocycles. The van der Waals surface area contributed by atoms with Gasteiger partial charge in [0.2, 0.25) is 0 Å². The van der Waals surface area contributed by atoms with Crippen LogP contribution < -0.4 is 0 Å². The molecule has 0 N–H and O–H groups in total. The first-order valence-electron chi connectivity index (χ1n) is 15.5. The fourth-order valence-electron chi connectivity index (χ4n) is 4.88. The highest BCUT2D eigenvalue weighted by Gasteiger charge is 2.06. The summed E-state index contributed by atoms with van der Waals surface area (Å²) < 4.78 is 5.98. The van der Waals surface area contributed by atoms with Crippen LogP contribution in [0.25, 0.3) is 17.2 Å². The topological polar surface area (TPSA) is 92.1 Å². The average molecular weight is 636 g/mol. The first-order valence-corrected chi connectivity index (χ1v) is 15.5. The molecule has 0 radical (unpaired) electrons. The van der Waals surface area contributed by atoms with Gasteiger partial charge in [-0.25, -0.2) is 19.9 Å². The lowest BCUT2D eigenvalue weighted by molar-refractivity contribution is 0.956. The minimum atomic E-state index is 0. The number of hydrogen-bond acceptors (Lipinski definition) is 6. The van der Waals surface area contributed by atoms with Crippen molar-refractivity contribution in [1.82, 2.24) is 43.6 Å². The highest BCUT2D eigenvalue weighted by molar-refractivity contribution is 5.40. The van der Waals surface area contributed by atoms with Crippen LogP contribution in [-0.2, 0) is 19.3 Å². The zero-order valence-electron chi connectivity index (χ0n) is 28.1. The number of imidazole rings is 3. The zero-order chi connectivity index (χ0) is 32.5. The van der Waals surface area contributed by atoms with E-state index in [1.54, 1.807) is 6.33 Å². The number of hydrogen-bond donors (Lipinski definition) is 0.